The van der Waals surface area contributed by atoms with Gasteiger partial charge in [0.15, 0.2) is 0 Å². The Morgan fingerprint density at radius 3 is 2.67 bits per heavy atom. The first kappa shape index (κ1) is 19.0. The number of carboxylic acids is 1. The lowest BCUT2D eigenvalue weighted by atomic mass is 10.0. The predicted molar refractivity (Wildman–Crippen MR) is 94.6 cm³/mol. The van der Waals surface area contributed by atoms with Gasteiger partial charge in [-0.2, -0.15) is 0 Å². The second kappa shape index (κ2) is 7.87. The Morgan fingerprint density at radius 2 is 2.00 bits per heavy atom. The van der Waals surface area contributed by atoms with Gasteiger partial charge in [0.25, 0.3) is 17.7 Å². The molecule has 0 aromatic heterocycles. The summed E-state index contributed by atoms with van der Waals surface area (Å²) in [7, 11) is 1.58. The van der Waals surface area contributed by atoms with Gasteiger partial charge in [-0.15, -0.1) is 0 Å². The fourth-order valence-corrected chi connectivity index (χ4v) is 3.37. The van der Waals surface area contributed by atoms with Crippen LogP contribution in [0.4, 0.5) is 0 Å². The molecule has 144 valence electrons. The molecule has 1 unspecified atom stereocenters. The molecule has 1 aromatic rings. The molecular formula is C19H22N2O6. The third-order valence-corrected chi connectivity index (χ3v) is 4.86. The highest BCUT2D eigenvalue weighted by atomic mass is 16.5. The highest BCUT2D eigenvalue weighted by Gasteiger charge is 2.38. The van der Waals surface area contributed by atoms with E-state index in [1.165, 1.54) is 28.0 Å². The summed E-state index contributed by atoms with van der Waals surface area (Å²) in [5.41, 5.74) is 0.817. The van der Waals surface area contributed by atoms with Gasteiger partial charge < -0.3 is 14.7 Å². The van der Waals surface area contributed by atoms with Crippen LogP contribution in [0.3, 0.4) is 0 Å². The van der Waals surface area contributed by atoms with E-state index in [4.69, 9.17) is 9.84 Å². The summed E-state index contributed by atoms with van der Waals surface area (Å²) in [6.07, 6.45) is 1.93. The molecule has 1 aromatic carbocycles. The Kier molecular flexibility index (Phi) is 5.55. The van der Waals surface area contributed by atoms with E-state index in [1.54, 1.807) is 7.05 Å². The van der Waals surface area contributed by atoms with E-state index in [0.29, 0.717) is 30.7 Å². The number of carbonyl (C=O) groups is 4. The molecule has 0 aliphatic carbocycles. The SMILES string of the molecule is CN(CCCC(=O)O)C(=O)c1ccc2c(c1)C(=O)N(CC1CCCO1)C2=O. The summed E-state index contributed by atoms with van der Waals surface area (Å²) in [4.78, 5) is 50.9. The van der Waals surface area contributed by atoms with Gasteiger partial charge in [0.05, 0.1) is 23.8 Å². The Bertz CT molecular complexity index is 784. The van der Waals surface area contributed by atoms with E-state index in [9.17, 15) is 19.2 Å². The molecule has 0 bridgehead atoms. The molecule has 2 heterocycles. The molecule has 2 aliphatic heterocycles. The summed E-state index contributed by atoms with van der Waals surface area (Å²) in [6, 6.07) is 4.47. The number of carbonyl (C=O) groups excluding carboxylic acids is 3. The first-order valence-corrected chi connectivity index (χ1v) is 8.97. The van der Waals surface area contributed by atoms with Gasteiger partial charge in [-0.1, -0.05) is 0 Å². The number of benzene rings is 1. The molecular weight excluding hydrogens is 352 g/mol. The molecule has 0 radical (unpaired) electrons. The normalized spacial score (nSPS) is 18.7. The second-order valence-corrected chi connectivity index (χ2v) is 6.84. The zero-order valence-electron chi connectivity index (χ0n) is 15.1. The predicted octanol–water partition coefficient (Wildman–Crippen LogP) is 1.40. The fourth-order valence-electron chi connectivity index (χ4n) is 3.37. The fraction of sp³-hybridized carbons (Fsp3) is 0.474. The van der Waals surface area contributed by atoms with Crippen LogP contribution in [-0.2, 0) is 9.53 Å². The van der Waals surface area contributed by atoms with Gasteiger partial charge in [0.2, 0.25) is 0 Å². The number of aliphatic carboxylic acids is 1. The van der Waals surface area contributed by atoms with Crippen LogP contribution in [0.5, 0.6) is 0 Å². The highest BCUT2D eigenvalue weighted by molar-refractivity contribution is 6.22. The molecule has 0 spiro atoms. The minimum Gasteiger partial charge on any atom is -0.481 e. The number of imide groups is 1. The van der Waals surface area contributed by atoms with Crippen LogP contribution >= 0.6 is 0 Å². The third-order valence-electron chi connectivity index (χ3n) is 4.86. The van der Waals surface area contributed by atoms with E-state index in [2.05, 4.69) is 0 Å². The largest absolute Gasteiger partial charge is 0.481 e. The zero-order valence-corrected chi connectivity index (χ0v) is 15.1. The number of carboxylic acid groups (broad SMARTS) is 1. The topological polar surface area (TPSA) is 104 Å². The van der Waals surface area contributed by atoms with E-state index in [-0.39, 0.29) is 36.4 Å². The van der Waals surface area contributed by atoms with Crippen LogP contribution in [0.25, 0.3) is 0 Å². The van der Waals surface area contributed by atoms with Crippen LogP contribution in [0.15, 0.2) is 18.2 Å². The molecule has 1 saturated heterocycles. The molecule has 3 rings (SSSR count). The molecule has 2 aliphatic rings. The van der Waals surface area contributed by atoms with Gasteiger partial charge in [-0.05, 0) is 37.5 Å². The molecule has 8 nitrogen and oxygen atoms in total. The standard InChI is InChI=1S/C19H22N2O6/c1-20(8-2-5-16(22)23)17(24)12-6-7-14-15(10-12)19(26)21(18(14)25)11-13-4-3-9-27-13/h6-7,10,13H,2-5,8-9,11H2,1H3,(H,22,23). The Hall–Kier alpha value is -2.74. The number of rotatable bonds is 7. The average molecular weight is 374 g/mol. The molecule has 1 atom stereocenters. The first-order valence-electron chi connectivity index (χ1n) is 8.97. The Morgan fingerprint density at radius 1 is 1.26 bits per heavy atom. The maximum atomic E-state index is 12.6. The third kappa shape index (κ3) is 4.00. The lowest BCUT2D eigenvalue weighted by molar-refractivity contribution is -0.137. The molecule has 8 heteroatoms. The van der Waals surface area contributed by atoms with Crippen molar-refractivity contribution in [2.75, 3.05) is 26.7 Å². The van der Waals surface area contributed by atoms with Crippen molar-refractivity contribution in [3.05, 3.63) is 34.9 Å². The quantitative estimate of drug-likeness (QED) is 0.724. The minimum atomic E-state index is -0.913. The van der Waals surface area contributed by atoms with Crippen molar-refractivity contribution in [3.8, 4) is 0 Å². The lowest BCUT2D eigenvalue weighted by Crippen LogP contribution is -2.36. The second-order valence-electron chi connectivity index (χ2n) is 6.84. The van der Waals surface area contributed by atoms with Crippen LogP contribution in [0, 0.1) is 0 Å². The zero-order chi connectivity index (χ0) is 19.6. The highest BCUT2D eigenvalue weighted by Crippen LogP contribution is 2.26. The summed E-state index contributed by atoms with van der Waals surface area (Å²) < 4.78 is 5.51. The summed E-state index contributed by atoms with van der Waals surface area (Å²) in [5.74, 6) is -2.00. The molecule has 27 heavy (non-hydrogen) atoms. The van der Waals surface area contributed by atoms with Crippen LogP contribution in [-0.4, -0.2) is 71.4 Å². The number of hydrogen-bond acceptors (Lipinski definition) is 5. The van der Waals surface area contributed by atoms with Gasteiger partial charge in [0.1, 0.15) is 0 Å². The van der Waals surface area contributed by atoms with Crippen molar-refractivity contribution in [2.45, 2.75) is 31.8 Å². The Balaban J connectivity index is 1.71. The number of amides is 3. The van der Waals surface area contributed by atoms with E-state index >= 15 is 0 Å². The van der Waals surface area contributed by atoms with Crippen LogP contribution < -0.4 is 0 Å². The molecule has 0 saturated carbocycles. The lowest BCUT2D eigenvalue weighted by Gasteiger charge is -2.18. The number of nitrogens with zero attached hydrogens (tertiary/aromatic N) is 2. The van der Waals surface area contributed by atoms with E-state index in [0.717, 1.165) is 12.8 Å². The first-order chi connectivity index (χ1) is 12.9. The monoisotopic (exact) mass is 374 g/mol. The van der Waals surface area contributed by atoms with Crippen molar-refractivity contribution in [2.24, 2.45) is 0 Å². The van der Waals surface area contributed by atoms with E-state index < -0.39 is 11.9 Å². The number of fused-ring (bicyclic) bond motifs is 1. The van der Waals surface area contributed by atoms with Crippen molar-refractivity contribution >= 4 is 23.7 Å². The van der Waals surface area contributed by atoms with Gasteiger partial charge >= 0.3 is 5.97 Å². The van der Waals surface area contributed by atoms with E-state index in [1.807, 2.05) is 0 Å². The van der Waals surface area contributed by atoms with Gasteiger partial charge in [-0.3, -0.25) is 24.1 Å². The van der Waals surface area contributed by atoms with Gasteiger partial charge in [-0.25, -0.2) is 0 Å². The smallest absolute Gasteiger partial charge is 0.303 e. The van der Waals surface area contributed by atoms with Gasteiger partial charge in [0, 0.05) is 32.2 Å². The average Bonchev–Trinajstić information content (AvgIpc) is 3.23. The minimum absolute atomic E-state index is 0.0208. The number of hydrogen-bond donors (Lipinski definition) is 1. The molecule has 1 N–H and O–H groups in total. The molecule has 3 amide bonds. The van der Waals surface area contributed by atoms with Crippen molar-refractivity contribution in [1.29, 1.82) is 0 Å². The number of ether oxygens (including phenoxy) is 1. The summed E-state index contributed by atoms with van der Waals surface area (Å²) in [6.45, 7) is 1.16. The molecule has 1 fully saturated rings. The van der Waals surface area contributed by atoms with Crippen molar-refractivity contribution < 1.29 is 29.0 Å². The maximum absolute atomic E-state index is 12.6. The van der Waals surface area contributed by atoms with Crippen molar-refractivity contribution in [1.82, 2.24) is 9.80 Å². The van der Waals surface area contributed by atoms with Crippen LogP contribution in [0.1, 0.15) is 56.8 Å². The maximum Gasteiger partial charge on any atom is 0.303 e. The summed E-state index contributed by atoms with van der Waals surface area (Å²) in [5, 5.41) is 8.68. The van der Waals surface area contributed by atoms with Crippen molar-refractivity contribution in [3.63, 3.8) is 0 Å². The van der Waals surface area contributed by atoms with Crippen LogP contribution in [0.2, 0.25) is 0 Å². The Labute approximate surface area is 156 Å². The summed E-state index contributed by atoms with van der Waals surface area (Å²) >= 11 is 0.